The highest BCUT2D eigenvalue weighted by atomic mass is 32.2. The Morgan fingerprint density at radius 2 is 2.22 bits per heavy atom. The zero-order valence-corrected chi connectivity index (χ0v) is 11.5. The number of hydrogen-bond acceptors (Lipinski definition) is 6. The van der Waals surface area contributed by atoms with Gasteiger partial charge in [0.25, 0.3) is 0 Å². The van der Waals surface area contributed by atoms with Crippen LogP contribution in [-0.4, -0.2) is 34.1 Å². The molecule has 0 bridgehead atoms. The van der Waals surface area contributed by atoms with E-state index in [0.717, 1.165) is 19.3 Å². The Kier molecular flexibility index (Phi) is 4.92. The number of hydrogen-bond donors (Lipinski definition) is 2. The van der Waals surface area contributed by atoms with Crippen LogP contribution in [0.3, 0.4) is 0 Å². The standard InChI is InChI=1S/C12H20N4OS/c1-2-5-17-12-10(13)11(14-8-15-12)16-9-3-6-18-7-4-9/h8-9H,2-7,13H2,1H3,(H,14,15,16). The lowest BCUT2D eigenvalue weighted by molar-refractivity contribution is 0.306. The van der Waals surface area contributed by atoms with Crippen molar-refractivity contribution in [2.45, 2.75) is 32.2 Å². The summed E-state index contributed by atoms with van der Waals surface area (Å²) in [5.74, 6) is 3.58. The van der Waals surface area contributed by atoms with Gasteiger partial charge in [-0.15, -0.1) is 0 Å². The zero-order valence-electron chi connectivity index (χ0n) is 10.7. The van der Waals surface area contributed by atoms with Crippen molar-refractivity contribution in [3.63, 3.8) is 0 Å². The summed E-state index contributed by atoms with van der Waals surface area (Å²) in [5.41, 5.74) is 6.54. The van der Waals surface area contributed by atoms with Crippen molar-refractivity contribution in [3.05, 3.63) is 6.33 Å². The second-order valence-electron chi connectivity index (χ2n) is 4.32. The summed E-state index contributed by atoms with van der Waals surface area (Å²) in [5, 5.41) is 3.40. The largest absolute Gasteiger partial charge is 0.476 e. The average Bonchev–Trinajstić information content (AvgIpc) is 2.41. The molecule has 2 rings (SSSR count). The van der Waals surface area contributed by atoms with Gasteiger partial charge in [-0.05, 0) is 30.8 Å². The number of ether oxygens (including phenoxy) is 1. The van der Waals surface area contributed by atoms with Crippen LogP contribution in [0.1, 0.15) is 26.2 Å². The van der Waals surface area contributed by atoms with Crippen LogP contribution in [0.2, 0.25) is 0 Å². The molecule has 0 atom stereocenters. The van der Waals surface area contributed by atoms with Crippen LogP contribution in [0.25, 0.3) is 0 Å². The summed E-state index contributed by atoms with van der Waals surface area (Å²) in [6.07, 6.45) is 4.74. The lowest BCUT2D eigenvalue weighted by atomic mass is 10.1. The van der Waals surface area contributed by atoms with Gasteiger partial charge in [0.1, 0.15) is 12.0 Å². The van der Waals surface area contributed by atoms with Crippen molar-refractivity contribution in [1.29, 1.82) is 0 Å². The highest BCUT2D eigenvalue weighted by Gasteiger charge is 2.16. The first-order chi connectivity index (χ1) is 8.81. The number of nitrogens with two attached hydrogens (primary N) is 1. The second kappa shape index (κ2) is 6.68. The molecular weight excluding hydrogens is 248 g/mol. The van der Waals surface area contributed by atoms with Crippen LogP contribution in [0, 0.1) is 0 Å². The SMILES string of the molecule is CCCOc1ncnc(NC2CCSCC2)c1N. The predicted molar refractivity (Wildman–Crippen MR) is 76.2 cm³/mol. The van der Waals surface area contributed by atoms with Crippen molar-refractivity contribution in [3.8, 4) is 5.88 Å². The Hall–Kier alpha value is -1.17. The lowest BCUT2D eigenvalue weighted by Crippen LogP contribution is -2.25. The number of aromatic nitrogens is 2. The fourth-order valence-electron chi connectivity index (χ4n) is 1.84. The molecular formula is C12H20N4OS. The van der Waals surface area contributed by atoms with E-state index in [4.69, 9.17) is 10.5 Å². The van der Waals surface area contributed by atoms with Crippen LogP contribution in [0.15, 0.2) is 6.33 Å². The normalized spacial score (nSPS) is 16.5. The van der Waals surface area contributed by atoms with Crippen LogP contribution in [0.5, 0.6) is 5.88 Å². The minimum Gasteiger partial charge on any atom is -0.476 e. The molecule has 1 aliphatic rings. The summed E-state index contributed by atoms with van der Waals surface area (Å²) < 4.78 is 5.50. The third-order valence-electron chi connectivity index (χ3n) is 2.85. The van der Waals surface area contributed by atoms with Crippen molar-refractivity contribution in [2.24, 2.45) is 0 Å². The fourth-order valence-corrected chi connectivity index (χ4v) is 2.95. The van der Waals surface area contributed by atoms with Gasteiger partial charge in [-0.25, -0.2) is 4.98 Å². The van der Waals surface area contributed by atoms with Crippen LogP contribution in [0.4, 0.5) is 11.5 Å². The molecule has 100 valence electrons. The van der Waals surface area contributed by atoms with E-state index < -0.39 is 0 Å². The molecule has 1 saturated heterocycles. The van der Waals surface area contributed by atoms with E-state index in [-0.39, 0.29) is 0 Å². The topological polar surface area (TPSA) is 73.1 Å². The molecule has 1 fully saturated rings. The molecule has 18 heavy (non-hydrogen) atoms. The van der Waals surface area contributed by atoms with Crippen LogP contribution in [-0.2, 0) is 0 Å². The van der Waals surface area contributed by atoms with Gasteiger partial charge in [-0.2, -0.15) is 16.7 Å². The lowest BCUT2D eigenvalue weighted by Gasteiger charge is -2.23. The molecule has 0 amide bonds. The van der Waals surface area contributed by atoms with E-state index in [1.54, 1.807) is 0 Å². The van der Waals surface area contributed by atoms with E-state index in [1.165, 1.54) is 17.8 Å². The van der Waals surface area contributed by atoms with E-state index in [9.17, 15) is 0 Å². The molecule has 1 aliphatic heterocycles. The smallest absolute Gasteiger partial charge is 0.242 e. The predicted octanol–water partition coefficient (Wildman–Crippen LogP) is 2.16. The molecule has 1 aromatic heterocycles. The van der Waals surface area contributed by atoms with Gasteiger partial charge in [-0.1, -0.05) is 6.92 Å². The fraction of sp³-hybridized carbons (Fsp3) is 0.667. The van der Waals surface area contributed by atoms with Crippen LogP contribution < -0.4 is 15.8 Å². The van der Waals surface area contributed by atoms with Crippen molar-refractivity contribution in [1.82, 2.24) is 9.97 Å². The number of nitrogen functional groups attached to an aromatic ring is 1. The monoisotopic (exact) mass is 268 g/mol. The molecule has 3 N–H and O–H groups in total. The highest BCUT2D eigenvalue weighted by Crippen LogP contribution is 2.27. The Balaban J connectivity index is 2.02. The Bertz CT molecular complexity index is 382. The first-order valence-corrected chi connectivity index (χ1v) is 7.54. The molecule has 0 spiro atoms. The summed E-state index contributed by atoms with van der Waals surface area (Å²) >= 11 is 2.00. The number of nitrogens with one attached hydrogen (secondary N) is 1. The summed E-state index contributed by atoms with van der Waals surface area (Å²) in [6.45, 7) is 2.68. The number of anilines is 2. The molecule has 0 saturated carbocycles. The van der Waals surface area contributed by atoms with E-state index in [1.807, 2.05) is 11.8 Å². The van der Waals surface area contributed by atoms with E-state index in [2.05, 4.69) is 22.2 Å². The van der Waals surface area contributed by atoms with Gasteiger partial charge >= 0.3 is 0 Å². The first kappa shape index (κ1) is 13.3. The summed E-state index contributed by atoms with van der Waals surface area (Å²) in [4.78, 5) is 8.27. The molecule has 1 aromatic rings. The van der Waals surface area contributed by atoms with Gasteiger partial charge in [0.2, 0.25) is 5.88 Å². The maximum atomic E-state index is 6.02. The average molecular weight is 268 g/mol. The van der Waals surface area contributed by atoms with E-state index >= 15 is 0 Å². The quantitative estimate of drug-likeness (QED) is 0.852. The zero-order chi connectivity index (χ0) is 12.8. The Morgan fingerprint density at radius 1 is 1.44 bits per heavy atom. The molecule has 5 nitrogen and oxygen atoms in total. The Morgan fingerprint density at radius 3 is 2.94 bits per heavy atom. The van der Waals surface area contributed by atoms with Crippen molar-refractivity contribution in [2.75, 3.05) is 29.2 Å². The maximum absolute atomic E-state index is 6.02. The summed E-state index contributed by atoms with van der Waals surface area (Å²) in [7, 11) is 0. The maximum Gasteiger partial charge on any atom is 0.242 e. The highest BCUT2D eigenvalue weighted by molar-refractivity contribution is 7.99. The molecule has 0 radical (unpaired) electrons. The summed E-state index contributed by atoms with van der Waals surface area (Å²) in [6, 6.07) is 0.461. The molecule has 0 aromatic carbocycles. The minimum absolute atomic E-state index is 0.461. The molecule has 0 unspecified atom stereocenters. The molecule has 0 aliphatic carbocycles. The first-order valence-electron chi connectivity index (χ1n) is 6.38. The van der Waals surface area contributed by atoms with Gasteiger partial charge in [-0.3, -0.25) is 0 Å². The van der Waals surface area contributed by atoms with Gasteiger partial charge in [0, 0.05) is 6.04 Å². The number of thioether (sulfide) groups is 1. The number of nitrogens with zero attached hydrogens (tertiary/aromatic N) is 2. The van der Waals surface area contributed by atoms with Gasteiger partial charge in [0.15, 0.2) is 5.82 Å². The second-order valence-corrected chi connectivity index (χ2v) is 5.55. The third-order valence-corrected chi connectivity index (χ3v) is 3.90. The van der Waals surface area contributed by atoms with Crippen molar-refractivity contribution < 1.29 is 4.74 Å². The minimum atomic E-state index is 0.461. The van der Waals surface area contributed by atoms with Gasteiger partial charge in [0.05, 0.1) is 6.61 Å². The van der Waals surface area contributed by atoms with Crippen LogP contribution >= 0.6 is 11.8 Å². The van der Waals surface area contributed by atoms with Crippen molar-refractivity contribution >= 4 is 23.3 Å². The van der Waals surface area contributed by atoms with E-state index in [0.29, 0.717) is 30.0 Å². The van der Waals surface area contributed by atoms with Gasteiger partial charge < -0.3 is 15.8 Å². The third kappa shape index (κ3) is 3.41. The molecule has 2 heterocycles. The molecule has 6 heteroatoms. The number of rotatable bonds is 5. The Labute approximate surface area is 112 Å².